The third-order valence-corrected chi connectivity index (χ3v) is 4.88. The number of fused-ring (bicyclic) bond motifs is 1. The molecule has 1 amide bonds. The number of halogens is 1. The van der Waals surface area contributed by atoms with Crippen LogP contribution >= 0.6 is 27.3 Å². The molecule has 94 valence electrons. The maximum Gasteiger partial charge on any atom is 0.261 e. The molecule has 0 spiro atoms. The van der Waals surface area contributed by atoms with Gasteiger partial charge in [0.1, 0.15) is 0 Å². The Labute approximate surface area is 114 Å². The molecule has 0 saturated heterocycles. The zero-order valence-electron chi connectivity index (χ0n) is 9.79. The molecule has 0 fully saturated rings. The van der Waals surface area contributed by atoms with E-state index in [0.29, 0.717) is 11.9 Å². The molecular weight excluding hydrogens is 302 g/mol. The van der Waals surface area contributed by atoms with Crippen molar-refractivity contribution >= 4 is 33.2 Å². The quantitative estimate of drug-likeness (QED) is 0.847. The van der Waals surface area contributed by atoms with Crippen LogP contribution in [0.15, 0.2) is 6.07 Å². The highest BCUT2D eigenvalue weighted by Gasteiger charge is 2.20. The van der Waals surface area contributed by atoms with Crippen LogP contribution in [0.4, 0.5) is 0 Å². The number of carbonyl (C=O) groups excluding carboxylic acids is 1. The van der Waals surface area contributed by atoms with E-state index in [0.717, 1.165) is 17.7 Å². The summed E-state index contributed by atoms with van der Waals surface area (Å²) >= 11 is 5.00. The van der Waals surface area contributed by atoms with Crippen LogP contribution in [0.5, 0.6) is 0 Å². The zero-order chi connectivity index (χ0) is 12.3. The Morgan fingerprint density at radius 2 is 2.47 bits per heavy atom. The molecule has 1 aliphatic rings. The Hall–Kier alpha value is -0.390. The average Bonchev–Trinajstić information content (AvgIpc) is 2.88. The van der Waals surface area contributed by atoms with Gasteiger partial charge in [-0.2, -0.15) is 0 Å². The Morgan fingerprint density at radius 1 is 1.65 bits per heavy atom. The van der Waals surface area contributed by atoms with E-state index in [1.54, 1.807) is 18.4 Å². The van der Waals surface area contributed by atoms with Gasteiger partial charge in [-0.1, -0.05) is 15.9 Å². The molecule has 3 nitrogen and oxygen atoms in total. The number of thiophene rings is 1. The summed E-state index contributed by atoms with van der Waals surface area (Å²) in [5.74, 6) is 0.0194. The maximum atomic E-state index is 12.0. The predicted molar refractivity (Wildman–Crippen MR) is 73.3 cm³/mol. The molecule has 0 radical (unpaired) electrons. The molecule has 1 atom stereocenters. The van der Waals surface area contributed by atoms with Crippen LogP contribution in [0.1, 0.15) is 26.5 Å². The number of methoxy groups -OCH3 is 1. The van der Waals surface area contributed by atoms with Crippen LogP contribution < -0.4 is 5.32 Å². The van der Waals surface area contributed by atoms with Gasteiger partial charge in [-0.3, -0.25) is 4.79 Å². The number of nitrogens with one attached hydrogen (secondary N) is 1. The summed E-state index contributed by atoms with van der Waals surface area (Å²) in [6, 6.07) is 2.07. The molecule has 1 aromatic rings. The third-order valence-electron chi connectivity index (χ3n) is 2.86. The van der Waals surface area contributed by atoms with E-state index in [2.05, 4.69) is 21.2 Å². The van der Waals surface area contributed by atoms with Crippen molar-refractivity contribution in [3.8, 4) is 0 Å². The van der Waals surface area contributed by atoms with Crippen LogP contribution in [0.2, 0.25) is 0 Å². The first-order valence-electron chi connectivity index (χ1n) is 5.72. The monoisotopic (exact) mass is 317 g/mol. The average molecular weight is 318 g/mol. The molecular formula is C12H16BrNO2S. The van der Waals surface area contributed by atoms with Crippen molar-refractivity contribution in [1.82, 2.24) is 5.32 Å². The number of aryl methyl sites for hydroxylation is 2. The second kappa shape index (κ2) is 5.98. The number of hydrogen-bond acceptors (Lipinski definition) is 3. The van der Waals surface area contributed by atoms with Crippen molar-refractivity contribution in [2.24, 2.45) is 0 Å². The van der Waals surface area contributed by atoms with Gasteiger partial charge < -0.3 is 10.1 Å². The smallest absolute Gasteiger partial charge is 0.261 e. The van der Waals surface area contributed by atoms with Crippen LogP contribution in [0, 0.1) is 0 Å². The van der Waals surface area contributed by atoms with Crippen LogP contribution in [-0.2, 0) is 17.6 Å². The van der Waals surface area contributed by atoms with Gasteiger partial charge in [0.2, 0.25) is 0 Å². The highest BCUT2D eigenvalue weighted by molar-refractivity contribution is 9.09. The van der Waals surface area contributed by atoms with E-state index in [1.165, 1.54) is 16.9 Å². The summed E-state index contributed by atoms with van der Waals surface area (Å²) in [7, 11) is 1.64. The van der Waals surface area contributed by atoms with Gasteiger partial charge >= 0.3 is 0 Å². The van der Waals surface area contributed by atoms with Crippen molar-refractivity contribution in [2.75, 3.05) is 19.0 Å². The fourth-order valence-corrected chi connectivity index (χ4v) is 3.53. The van der Waals surface area contributed by atoms with E-state index >= 15 is 0 Å². The van der Waals surface area contributed by atoms with Crippen molar-refractivity contribution in [1.29, 1.82) is 0 Å². The lowest BCUT2D eigenvalue weighted by atomic mass is 10.2. The maximum absolute atomic E-state index is 12.0. The number of carbonyl (C=O) groups is 1. The first-order chi connectivity index (χ1) is 8.24. The van der Waals surface area contributed by atoms with E-state index in [1.807, 2.05) is 6.07 Å². The van der Waals surface area contributed by atoms with Gasteiger partial charge in [0.25, 0.3) is 5.91 Å². The number of amides is 1. The third kappa shape index (κ3) is 3.09. The topological polar surface area (TPSA) is 38.3 Å². The van der Waals surface area contributed by atoms with Gasteiger partial charge in [0.05, 0.1) is 17.5 Å². The highest BCUT2D eigenvalue weighted by Crippen LogP contribution is 2.30. The van der Waals surface area contributed by atoms with Crippen molar-refractivity contribution in [3.63, 3.8) is 0 Å². The minimum Gasteiger partial charge on any atom is -0.383 e. The van der Waals surface area contributed by atoms with Crippen molar-refractivity contribution < 1.29 is 9.53 Å². The molecule has 0 aromatic carbocycles. The van der Waals surface area contributed by atoms with Crippen molar-refractivity contribution in [2.45, 2.75) is 25.3 Å². The lowest BCUT2D eigenvalue weighted by Gasteiger charge is -2.14. The molecule has 0 aliphatic heterocycles. The predicted octanol–water partition coefficient (Wildman–Crippen LogP) is 2.38. The van der Waals surface area contributed by atoms with E-state index in [4.69, 9.17) is 4.74 Å². The Balaban J connectivity index is 1.99. The number of rotatable bonds is 5. The fourth-order valence-electron chi connectivity index (χ4n) is 2.02. The molecule has 1 aromatic heterocycles. The summed E-state index contributed by atoms with van der Waals surface area (Å²) < 4.78 is 5.05. The fraction of sp³-hybridized carbons (Fsp3) is 0.583. The summed E-state index contributed by atoms with van der Waals surface area (Å²) in [6.45, 7) is 0.530. The molecule has 1 heterocycles. The Morgan fingerprint density at radius 3 is 3.12 bits per heavy atom. The van der Waals surface area contributed by atoms with E-state index < -0.39 is 0 Å². The minimum absolute atomic E-state index is 0.0194. The normalized spacial score (nSPS) is 15.6. The van der Waals surface area contributed by atoms with Gasteiger partial charge in [-0.05, 0) is 30.9 Å². The zero-order valence-corrected chi connectivity index (χ0v) is 12.2. The van der Waals surface area contributed by atoms with Gasteiger partial charge in [0.15, 0.2) is 0 Å². The molecule has 2 rings (SSSR count). The lowest BCUT2D eigenvalue weighted by molar-refractivity contribution is 0.0912. The second-order valence-corrected chi connectivity index (χ2v) is 5.98. The van der Waals surface area contributed by atoms with Crippen LogP contribution in [0.3, 0.4) is 0 Å². The number of alkyl halides is 1. The summed E-state index contributed by atoms with van der Waals surface area (Å²) in [5, 5.41) is 3.68. The second-order valence-electron chi connectivity index (χ2n) is 4.19. The van der Waals surface area contributed by atoms with Crippen LogP contribution in [-0.4, -0.2) is 31.0 Å². The molecule has 1 unspecified atom stereocenters. The number of ether oxygens (including phenoxy) is 1. The highest BCUT2D eigenvalue weighted by atomic mass is 79.9. The summed E-state index contributed by atoms with van der Waals surface area (Å²) in [4.78, 5) is 14.2. The molecule has 17 heavy (non-hydrogen) atoms. The summed E-state index contributed by atoms with van der Waals surface area (Å²) in [6.07, 6.45) is 3.49. The standard InChI is InChI=1S/C12H16BrNO2S/c1-16-7-9(6-13)14-12(15)11-5-8-3-2-4-10(8)17-11/h5,9H,2-4,6-7H2,1H3,(H,14,15). The SMILES string of the molecule is COCC(CBr)NC(=O)c1cc2c(s1)CCC2. The molecule has 1 aliphatic carbocycles. The van der Waals surface area contributed by atoms with Gasteiger partial charge in [-0.25, -0.2) is 0 Å². The van der Waals surface area contributed by atoms with Gasteiger partial charge in [0, 0.05) is 17.3 Å². The first kappa shape index (κ1) is 13.1. The van der Waals surface area contributed by atoms with Crippen LogP contribution in [0.25, 0.3) is 0 Å². The van der Waals surface area contributed by atoms with E-state index in [9.17, 15) is 4.79 Å². The molecule has 0 saturated carbocycles. The largest absolute Gasteiger partial charge is 0.383 e. The Kier molecular flexibility index (Phi) is 4.59. The number of hydrogen-bond donors (Lipinski definition) is 1. The molecule has 5 heteroatoms. The molecule has 0 bridgehead atoms. The van der Waals surface area contributed by atoms with Crippen molar-refractivity contribution in [3.05, 3.63) is 21.4 Å². The lowest BCUT2D eigenvalue weighted by Crippen LogP contribution is -2.38. The minimum atomic E-state index is 0.0194. The Bertz CT molecular complexity index is 384. The first-order valence-corrected chi connectivity index (χ1v) is 7.65. The molecule has 1 N–H and O–H groups in total. The summed E-state index contributed by atoms with van der Waals surface area (Å²) in [5.41, 5.74) is 1.36. The van der Waals surface area contributed by atoms with Gasteiger partial charge in [-0.15, -0.1) is 11.3 Å². The van der Waals surface area contributed by atoms with E-state index in [-0.39, 0.29) is 11.9 Å².